The Kier molecular flexibility index (Phi) is 4.83. The Morgan fingerprint density at radius 2 is 1.94 bits per heavy atom. The van der Waals surface area contributed by atoms with Crippen molar-refractivity contribution in [1.29, 1.82) is 0 Å². The number of fused-ring (bicyclic) bond motifs is 2. The highest BCUT2D eigenvalue weighted by atomic mass is 19.1. The Morgan fingerprint density at radius 1 is 1.18 bits per heavy atom. The van der Waals surface area contributed by atoms with Gasteiger partial charge in [-0.15, -0.1) is 0 Å². The topological polar surface area (TPSA) is 71.2 Å². The third-order valence-corrected chi connectivity index (χ3v) is 6.23. The van der Waals surface area contributed by atoms with Crippen molar-refractivity contribution in [3.8, 4) is 11.1 Å². The van der Waals surface area contributed by atoms with Gasteiger partial charge in [0.05, 0.1) is 28.9 Å². The third kappa shape index (κ3) is 3.68. The summed E-state index contributed by atoms with van der Waals surface area (Å²) in [7, 11) is 1.83. The van der Waals surface area contributed by atoms with Gasteiger partial charge in [0.15, 0.2) is 0 Å². The van der Waals surface area contributed by atoms with Crippen molar-refractivity contribution in [2.24, 2.45) is 7.05 Å². The molecule has 0 radical (unpaired) electrons. The molecule has 168 valence electrons. The van der Waals surface area contributed by atoms with Gasteiger partial charge >= 0.3 is 0 Å². The van der Waals surface area contributed by atoms with Crippen molar-refractivity contribution < 1.29 is 14.3 Å². The standard InChI is InChI=1S/C26H25FN4O2/c1-15-8-16(17-9-18-12-30(4)29-24(18)21(10-17)26(2,3)33)11-22(27)20(15)13-31-14-23-19(25(31)32)6-5-7-28-23/h5-12,33H,13-14H2,1-4H3. The molecule has 5 rings (SSSR count). The highest BCUT2D eigenvalue weighted by molar-refractivity contribution is 5.97. The largest absolute Gasteiger partial charge is 0.386 e. The van der Waals surface area contributed by atoms with E-state index in [1.165, 1.54) is 6.07 Å². The molecule has 2 aromatic heterocycles. The van der Waals surface area contributed by atoms with Gasteiger partial charge in [-0.2, -0.15) is 5.10 Å². The summed E-state index contributed by atoms with van der Waals surface area (Å²) in [6, 6.07) is 10.7. The first kappa shape index (κ1) is 21.3. The molecule has 1 aliphatic heterocycles. The average molecular weight is 445 g/mol. The molecule has 1 aliphatic rings. The van der Waals surface area contributed by atoms with E-state index in [0.717, 1.165) is 27.7 Å². The van der Waals surface area contributed by atoms with Gasteiger partial charge in [-0.3, -0.25) is 14.5 Å². The molecular weight excluding hydrogens is 419 g/mol. The first-order valence-corrected chi connectivity index (χ1v) is 10.8. The van der Waals surface area contributed by atoms with Crippen molar-refractivity contribution in [2.75, 3.05) is 0 Å². The number of hydrogen-bond acceptors (Lipinski definition) is 4. The van der Waals surface area contributed by atoms with Gasteiger partial charge in [0.25, 0.3) is 5.91 Å². The number of halogens is 1. The van der Waals surface area contributed by atoms with Gasteiger partial charge in [-0.25, -0.2) is 4.39 Å². The van der Waals surface area contributed by atoms with Crippen LogP contribution in [0.2, 0.25) is 0 Å². The van der Waals surface area contributed by atoms with E-state index in [-0.39, 0.29) is 18.3 Å². The van der Waals surface area contributed by atoms with Crippen LogP contribution in [0.15, 0.2) is 48.8 Å². The van der Waals surface area contributed by atoms with Gasteiger partial charge < -0.3 is 10.0 Å². The second kappa shape index (κ2) is 7.49. The fourth-order valence-electron chi connectivity index (χ4n) is 4.53. The fraction of sp³-hybridized carbons (Fsp3) is 0.269. The Hall–Kier alpha value is -3.58. The van der Waals surface area contributed by atoms with Crippen LogP contribution in [0.25, 0.3) is 22.0 Å². The number of aryl methyl sites for hydroxylation is 2. The summed E-state index contributed by atoms with van der Waals surface area (Å²) in [6.45, 7) is 5.85. The number of aliphatic hydroxyl groups is 1. The maximum atomic E-state index is 15.3. The molecule has 0 bridgehead atoms. The van der Waals surface area contributed by atoms with Gasteiger partial charge in [0, 0.05) is 42.5 Å². The maximum Gasteiger partial charge on any atom is 0.256 e. The van der Waals surface area contributed by atoms with E-state index in [4.69, 9.17) is 0 Å². The molecule has 0 unspecified atom stereocenters. The van der Waals surface area contributed by atoms with E-state index >= 15 is 4.39 Å². The molecule has 7 heteroatoms. The van der Waals surface area contributed by atoms with Gasteiger partial charge in [-0.05, 0) is 67.8 Å². The number of rotatable bonds is 4. The summed E-state index contributed by atoms with van der Waals surface area (Å²) < 4.78 is 17.0. The lowest BCUT2D eigenvalue weighted by atomic mass is 9.91. The monoisotopic (exact) mass is 444 g/mol. The summed E-state index contributed by atoms with van der Waals surface area (Å²) >= 11 is 0. The Balaban J connectivity index is 1.52. The molecule has 0 saturated carbocycles. The van der Waals surface area contributed by atoms with Crippen LogP contribution in [-0.2, 0) is 25.7 Å². The van der Waals surface area contributed by atoms with E-state index in [1.807, 2.05) is 38.4 Å². The quantitative estimate of drug-likeness (QED) is 0.504. The SMILES string of the molecule is Cc1cc(-c2cc(C(C)(C)O)c3nn(C)cc3c2)cc(F)c1CN1Cc2ncccc2C1=O. The van der Waals surface area contributed by atoms with Crippen molar-refractivity contribution in [1.82, 2.24) is 19.7 Å². The molecule has 33 heavy (non-hydrogen) atoms. The molecule has 2 aromatic carbocycles. The Bertz CT molecular complexity index is 1390. The summed E-state index contributed by atoms with van der Waals surface area (Å²) in [5.74, 6) is -0.490. The molecule has 1 amide bonds. The Morgan fingerprint density at radius 3 is 2.64 bits per heavy atom. The van der Waals surface area contributed by atoms with Crippen molar-refractivity contribution >= 4 is 16.8 Å². The fourth-order valence-corrected chi connectivity index (χ4v) is 4.53. The highest BCUT2D eigenvalue weighted by Gasteiger charge is 2.29. The van der Waals surface area contributed by atoms with Crippen molar-refractivity contribution in [3.63, 3.8) is 0 Å². The van der Waals surface area contributed by atoms with E-state index in [1.54, 1.807) is 41.8 Å². The van der Waals surface area contributed by atoms with Crippen LogP contribution in [0.4, 0.5) is 4.39 Å². The number of nitrogens with zero attached hydrogens (tertiary/aromatic N) is 4. The smallest absolute Gasteiger partial charge is 0.256 e. The van der Waals surface area contributed by atoms with Crippen LogP contribution in [-0.4, -0.2) is 30.7 Å². The normalized spacial score (nSPS) is 13.8. The number of benzene rings is 2. The first-order valence-electron chi connectivity index (χ1n) is 10.8. The van der Waals surface area contributed by atoms with Crippen molar-refractivity contribution in [2.45, 2.75) is 39.5 Å². The van der Waals surface area contributed by atoms with E-state index < -0.39 is 5.60 Å². The number of hydrogen-bond donors (Lipinski definition) is 1. The summed E-state index contributed by atoms with van der Waals surface area (Å²) in [6.07, 6.45) is 3.55. The molecule has 0 fully saturated rings. The van der Waals surface area contributed by atoms with Crippen LogP contribution in [0.1, 0.15) is 46.6 Å². The summed E-state index contributed by atoms with van der Waals surface area (Å²) in [4.78, 5) is 18.6. The molecule has 6 nitrogen and oxygen atoms in total. The number of aromatic nitrogens is 3. The minimum Gasteiger partial charge on any atom is -0.386 e. The molecule has 0 saturated heterocycles. The minimum atomic E-state index is -1.10. The average Bonchev–Trinajstić information content (AvgIpc) is 3.28. The second-order valence-electron chi connectivity index (χ2n) is 9.24. The zero-order valence-corrected chi connectivity index (χ0v) is 19.1. The lowest BCUT2D eigenvalue weighted by Gasteiger charge is -2.20. The zero-order valence-electron chi connectivity index (χ0n) is 19.1. The molecule has 3 heterocycles. The zero-order chi connectivity index (χ0) is 23.5. The lowest BCUT2D eigenvalue weighted by Crippen LogP contribution is -2.24. The van der Waals surface area contributed by atoms with Gasteiger partial charge in [0.2, 0.25) is 0 Å². The summed E-state index contributed by atoms with van der Waals surface area (Å²) in [5.41, 5.74) is 4.38. The van der Waals surface area contributed by atoms with Crippen LogP contribution in [0.5, 0.6) is 0 Å². The molecule has 0 spiro atoms. The van der Waals surface area contributed by atoms with E-state index in [9.17, 15) is 9.90 Å². The van der Waals surface area contributed by atoms with Crippen molar-refractivity contribution in [3.05, 3.63) is 82.6 Å². The van der Waals surface area contributed by atoms with Crippen LogP contribution in [0, 0.1) is 12.7 Å². The third-order valence-electron chi connectivity index (χ3n) is 6.23. The number of pyridine rings is 1. The second-order valence-corrected chi connectivity index (χ2v) is 9.24. The van der Waals surface area contributed by atoms with Crippen LogP contribution < -0.4 is 0 Å². The summed E-state index contributed by atoms with van der Waals surface area (Å²) in [5, 5.41) is 16.1. The minimum absolute atomic E-state index is 0.127. The predicted molar refractivity (Wildman–Crippen MR) is 124 cm³/mol. The molecule has 0 atom stereocenters. The molecule has 4 aromatic rings. The molecular formula is C26H25FN4O2. The van der Waals surface area contributed by atoms with Crippen LogP contribution in [0.3, 0.4) is 0 Å². The highest BCUT2D eigenvalue weighted by Crippen LogP contribution is 2.35. The maximum absolute atomic E-state index is 15.3. The Labute approximate surface area is 191 Å². The number of amides is 1. The first-order chi connectivity index (χ1) is 15.6. The lowest BCUT2D eigenvalue weighted by molar-refractivity contribution is 0.0763. The number of carbonyl (C=O) groups is 1. The van der Waals surface area contributed by atoms with Gasteiger partial charge in [-0.1, -0.05) is 6.07 Å². The van der Waals surface area contributed by atoms with Crippen LogP contribution >= 0.6 is 0 Å². The predicted octanol–water partition coefficient (Wildman–Crippen LogP) is 4.47. The van der Waals surface area contributed by atoms with Gasteiger partial charge in [0.1, 0.15) is 5.82 Å². The number of carbonyl (C=O) groups excluding carboxylic acids is 1. The molecule has 1 N–H and O–H groups in total. The van der Waals surface area contributed by atoms with E-state index in [2.05, 4.69) is 10.1 Å². The molecule has 0 aliphatic carbocycles. The van der Waals surface area contributed by atoms with E-state index in [0.29, 0.717) is 28.8 Å².